The molecule has 19 heavy (non-hydrogen) atoms. The van der Waals surface area contributed by atoms with Crippen LogP contribution in [0.4, 0.5) is 0 Å². The molecule has 0 radical (unpaired) electrons. The fourth-order valence-electron chi connectivity index (χ4n) is 2.81. The van der Waals surface area contributed by atoms with Gasteiger partial charge in [-0.25, -0.2) is 0 Å². The monoisotopic (exact) mass is 277 g/mol. The standard InChI is InChI=1S/C17H27NS/c1-4-11-18-16-10-7-14(3)12-17(16)19-15-8-5-13(2)6-9-15/h5-6,8-9,14,16-18H,4,7,10-12H2,1-3H3. The van der Waals surface area contributed by atoms with Crippen molar-refractivity contribution in [2.24, 2.45) is 5.92 Å². The third-order valence-electron chi connectivity index (χ3n) is 4.02. The number of thioether (sulfide) groups is 1. The highest BCUT2D eigenvalue weighted by molar-refractivity contribution is 8.00. The first kappa shape index (κ1) is 14.9. The van der Waals surface area contributed by atoms with Gasteiger partial charge in [-0.15, -0.1) is 11.8 Å². The minimum absolute atomic E-state index is 0.697. The maximum Gasteiger partial charge on any atom is 0.0250 e. The summed E-state index contributed by atoms with van der Waals surface area (Å²) in [6.45, 7) is 7.96. The van der Waals surface area contributed by atoms with Crippen LogP contribution in [-0.2, 0) is 0 Å². The molecule has 1 aliphatic carbocycles. The lowest BCUT2D eigenvalue weighted by atomic mass is 9.87. The molecule has 0 bridgehead atoms. The predicted octanol–water partition coefficient (Wildman–Crippen LogP) is 4.64. The largest absolute Gasteiger partial charge is 0.313 e. The summed E-state index contributed by atoms with van der Waals surface area (Å²) in [5, 5.41) is 4.49. The molecule has 1 aromatic rings. The van der Waals surface area contributed by atoms with E-state index in [2.05, 4.69) is 62.1 Å². The van der Waals surface area contributed by atoms with Crippen LogP contribution in [0.25, 0.3) is 0 Å². The zero-order chi connectivity index (χ0) is 13.7. The second-order valence-electron chi connectivity index (χ2n) is 5.95. The van der Waals surface area contributed by atoms with Gasteiger partial charge in [-0.05, 0) is 57.2 Å². The van der Waals surface area contributed by atoms with E-state index in [0.29, 0.717) is 6.04 Å². The number of hydrogen-bond acceptors (Lipinski definition) is 2. The predicted molar refractivity (Wildman–Crippen MR) is 85.9 cm³/mol. The molecular weight excluding hydrogens is 250 g/mol. The molecule has 0 saturated heterocycles. The van der Waals surface area contributed by atoms with Crippen LogP contribution in [0.15, 0.2) is 29.2 Å². The van der Waals surface area contributed by atoms with E-state index >= 15 is 0 Å². The summed E-state index contributed by atoms with van der Waals surface area (Å²) in [4.78, 5) is 1.42. The first-order chi connectivity index (χ1) is 9.19. The molecule has 3 atom stereocenters. The Balaban J connectivity index is 1.98. The number of nitrogens with one attached hydrogen (secondary N) is 1. The molecule has 1 saturated carbocycles. The summed E-state index contributed by atoms with van der Waals surface area (Å²) in [6, 6.07) is 9.70. The molecule has 2 heteroatoms. The van der Waals surface area contributed by atoms with Gasteiger partial charge in [-0.3, -0.25) is 0 Å². The average Bonchev–Trinajstić information content (AvgIpc) is 2.40. The van der Waals surface area contributed by atoms with Crippen LogP contribution in [0.2, 0.25) is 0 Å². The lowest BCUT2D eigenvalue weighted by molar-refractivity contribution is 0.317. The quantitative estimate of drug-likeness (QED) is 0.841. The van der Waals surface area contributed by atoms with Crippen molar-refractivity contribution in [3.05, 3.63) is 29.8 Å². The van der Waals surface area contributed by atoms with Crippen LogP contribution in [-0.4, -0.2) is 17.8 Å². The van der Waals surface area contributed by atoms with Crippen molar-refractivity contribution >= 4 is 11.8 Å². The second-order valence-corrected chi connectivity index (χ2v) is 7.26. The van der Waals surface area contributed by atoms with Gasteiger partial charge >= 0.3 is 0 Å². The van der Waals surface area contributed by atoms with E-state index in [9.17, 15) is 0 Å². The zero-order valence-corrected chi connectivity index (χ0v) is 13.3. The lowest BCUT2D eigenvalue weighted by Gasteiger charge is -2.35. The van der Waals surface area contributed by atoms with Crippen molar-refractivity contribution in [3.63, 3.8) is 0 Å². The SMILES string of the molecule is CCCNC1CCC(C)CC1Sc1ccc(C)cc1. The third-order valence-corrected chi connectivity index (χ3v) is 5.39. The smallest absolute Gasteiger partial charge is 0.0250 e. The Labute approximate surface area is 122 Å². The first-order valence-electron chi connectivity index (χ1n) is 7.65. The van der Waals surface area contributed by atoms with Crippen molar-refractivity contribution in [3.8, 4) is 0 Å². The number of hydrogen-bond donors (Lipinski definition) is 1. The molecule has 1 aliphatic rings. The minimum Gasteiger partial charge on any atom is -0.313 e. The Morgan fingerprint density at radius 1 is 1.21 bits per heavy atom. The molecule has 106 valence electrons. The molecule has 0 amide bonds. The summed E-state index contributed by atoms with van der Waals surface area (Å²) < 4.78 is 0. The van der Waals surface area contributed by atoms with E-state index in [1.54, 1.807) is 0 Å². The molecule has 0 heterocycles. The van der Waals surface area contributed by atoms with Gasteiger partial charge in [0.2, 0.25) is 0 Å². The van der Waals surface area contributed by atoms with Gasteiger partial charge in [-0.2, -0.15) is 0 Å². The summed E-state index contributed by atoms with van der Waals surface area (Å²) >= 11 is 2.07. The molecule has 1 fully saturated rings. The maximum absolute atomic E-state index is 3.75. The minimum atomic E-state index is 0.697. The third kappa shape index (κ3) is 4.54. The highest BCUT2D eigenvalue weighted by Crippen LogP contribution is 2.36. The van der Waals surface area contributed by atoms with Crippen LogP contribution < -0.4 is 5.32 Å². The van der Waals surface area contributed by atoms with Crippen LogP contribution in [0.3, 0.4) is 0 Å². The Kier molecular flexibility index (Phi) is 5.77. The molecule has 1 N–H and O–H groups in total. The average molecular weight is 277 g/mol. The molecule has 0 aliphatic heterocycles. The lowest BCUT2D eigenvalue weighted by Crippen LogP contribution is -2.42. The second kappa shape index (κ2) is 7.35. The van der Waals surface area contributed by atoms with Gasteiger partial charge in [0.15, 0.2) is 0 Å². The summed E-state index contributed by atoms with van der Waals surface area (Å²) in [5.74, 6) is 0.877. The topological polar surface area (TPSA) is 12.0 Å². The van der Waals surface area contributed by atoms with Gasteiger partial charge in [0, 0.05) is 16.2 Å². The summed E-state index contributed by atoms with van der Waals surface area (Å²) in [5.41, 5.74) is 1.35. The molecule has 1 aromatic carbocycles. The normalized spacial score (nSPS) is 27.4. The summed E-state index contributed by atoms with van der Waals surface area (Å²) in [7, 11) is 0. The van der Waals surface area contributed by atoms with E-state index < -0.39 is 0 Å². The van der Waals surface area contributed by atoms with Gasteiger partial charge in [0.05, 0.1) is 0 Å². The Bertz CT molecular complexity index is 371. The molecule has 0 spiro atoms. The Hall–Kier alpha value is -0.470. The molecular formula is C17H27NS. The van der Waals surface area contributed by atoms with E-state index in [1.807, 2.05) is 0 Å². The van der Waals surface area contributed by atoms with E-state index in [1.165, 1.54) is 36.1 Å². The van der Waals surface area contributed by atoms with Gasteiger partial charge in [-0.1, -0.05) is 31.5 Å². The molecule has 3 unspecified atom stereocenters. The Morgan fingerprint density at radius 3 is 2.63 bits per heavy atom. The summed E-state index contributed by atoms with van der Waals surface area (Å²) in [6.07, 6.45) is 5.30. The van der Waals surface area contributed by atoms with Crippen molar-refractivity contribution in [1.29, 1.82) is 0 Å². The first-order valence-corrected chi connectivity index (χ1v) is 8.53. The Morgan fingerprint density at radius 2 is 1.95 bits per heavy atom. The van der Waals surface area contributed by atoms with E-state index in [4.69, 9.17) is 0 Å². The van der Waals surface area contributed by atoms with Crippen LogP contribution in [0.1, 0.15) is 45.1 Å². The molecule has 0 aromatic heterocycles. The van der Waals surface area contributed by atoms with Gasteiger partial charge < -0.3 is 5.32 Å². The van der Waals surface area contributed by atoms with Crippen LogP contribution >= 0.6 is 11.8 Å². The molecule has 1 nitrogen and oxygen atoms in total. The van der Waals surface area contributed by atoms with Crippen molar-refractivity contribution in [1.82, 2.24) is 5.32 Å². The fourth-order valence-corrected chi connectivity index (χ4v) is 4.28. The van der Waals surface area contributed by atoms with Crippen LogP contribution in [0.5, 0.6) is 0 Å². The number of aryl methyl sites for hydroxylation is 1. The van der Waals surface area contributed by atoms with Crippen molar-refractivity contribution < 1.29 is 0 Å². The zero-order valence-electron chi connectivity index (χ0n) is 12.5. The highest BCUT2D eigenvalue weighted by Gasteiger charge is 2.28. The van der Waals surface area contributed by atoms with Gasteiger partial charge in [0.1, 0.15) is 0 Å². The molecule has 2 rings (SSSR count). The van der Waals surface area contributed by atoms with Gasteiger partial charge in [0.25, 0.3) is 0 Å². The van der Waals surface area contributed by atoms with E-state index in [0.717, 1.165) is 17.7 Å². The highest BCUT2D eigenvalue weighted by atomic mass is 32.2. The van der Waals surface area contributed by atoms with Crippen LogP contribution in [0, 0.1) is 12.8 Å². The maximum atomic E-state index is 3.75. The number of benzene rings is 1. The number of rotatable bonds is 5. The van der Waals surface area contributed by atoms with Crippen molar-refractivity contribution in [2.45, 2.75) is 62.6 Å². The fraction of sp³-hybridized carbons (Fsp3) is 0.647. The van der Waals surface area contributed by atoms with Crippen molar-refractivity contribution in [2.75, 3.05) is 6.54 Å². The van der Waals surface area contributed by atoms with E-state index in [-0.39, 0.29) is 0 Å².